The predicted octanol–water partition coefficient (Wildman–Crippen LogP) is 1.93. The van der Waals surface area contributed by atoms with E-state index >= 15 is 0 Å². The van der Waals surface area contributed by atoms with Gasteiger partial charge in [-0.3, -0.25) is 0 Å². The highest BCUT2D eigenvalue weighted by Crippen LogP contribution is 2.59. The van der Waals surface area contributed by atoms with E-state index in [1.54, 1.807) is 7.11 Å². The van der Waals surface area contributed by atoms with Gasteiger partial charge < -0.3 is 9.57 Å². The highest BCUT2D eigenvalue weighted by Gasteiger charge is 2.60. The third-order valence-corrected chi connectivity index (χ3v) is 4.65. The van der Waals surface area contributed by atoms with E-state index in [2.05, 4.69) is 0 Å². The fourth-order valence-electron chi connectivity index (χ4n) is 4.60. The van der Waals surface area contributed by atoms with Gasteiger partial charge in [0.2, 0.25) is 0 Å². The average Bonchev–Trinajstić information content (AvgIpc) is 2.13. The van der Waals surface area contributed by atoms with Crippen LogP contribution in [0.2, 0.25) is 0 Å². The van der Waals surface area contributed by atoms with Crippen molar-refractivity contribution in [1.29, 1.82) is 0 Å². The topological polar surface area (TPSA) is 61.6 Å². The SMILES string of the molecule is COC12C[C@H]3C[C@@H](C1)CC(O[N+](=O)[O-])(C3)C2. The number of hydrogen-bond donors (Lipinski definition) is 0. The molecule has 0 aromatic rings. The molecule has 0 saturated heterocycles. The number of hydrogen-bond acceptors (Lipinski definition) is 4. The van der Waals surface area contributed by atoms with Gasteiger partial charge >= 0.3 is 0 Å². The van der Waals surface area contributed by atoms with Crippen molar-refractivity contribution in [1.82, 2.24) is 0 Å². The minimum Gasteiger partial charge on any atom is -0.378 e. The molecule has 0 N–H and O–H groups in total. The molecule has 0 aliphatic heterocycles. The number of rotatable bonds is 3. The maximum atomic E-state index is 10.6. The van der Waals surface area contributed by atoms with Crippen molar-refractivity contribution in [3.63, 3.8) is 0 Å². The van der Waals surface area contributed by atoms with Crippen molar-refractivity contribution in [3.8, 4) is 0 Å². The van der Waals surface area contributed by atoms with Crippen molar-refractivity contribution in [2.45, 2.75) is 49.7 Å². The maximum absolute atomic E-state index is 10.6. The second kappa shape index (κ2) is 3.09. The Hall–Kier alpha value is -0.840. The lowest BCUT2D eigenvalue weighted by Gasteiger charge is -2.59. The normalized spacial score (nSPS) is 49.3. The van der Waals surface area contributed by atoms with Crippen LogP contribution in [0.4, 0.5) is 0 Å². The summed E-state index contributed by atoms with van der Waals surface area (Å²) in [6.45, 7) is 0. The van der Waals surface area contributed by atoms with E-state index in [1.807, 2.05) is 0 Å². The summed E-state index contributed by atoms with van der Waals surface area (Å²) in [5, 5.41) is 10.0. The van der Waals surface area contributed by atoms with Crippen LogP contribution in [0.1, 0.15) is 38.5 Å². The molecule has 4 bridgehead atoms. The van der Waals surface area contributed by atoms with E-state index in [0.29, 0.717) is 18.3 Å². The summed E-state index contributed by atoms with van der Waals surface area (Å²) in [6, 6.07) is 0. The van der Waals surface area contributed by atoms with Crippen molar-refractivity contribution in [3.05, 3.63) is 10.1 Å². The van der Waals surface area contributed by atoms with E-state index in [0.717, 1.165) is 25.7 Å². The first-order chi connectivity index (χ1) is 7.55. The zero-order valence-electron chi connectivity index (χ0n) is 9.48. The molecule has 0 spiro atoms. The van der Waals surface area contributed by atoms with Crippen LogP contribution in [0.3, 0.4) is 0 Å². The van der Waals surface area contributed by atoms with Crippen LogP contribution in [0.15, 0.2) is 0 Å². The third kappa shape index (κ3) is 1.41. The van der Waals surface area contributed by atoms with Crippen molar-refractivity contribution in [2.24, 2.45) is 11.8 Å². The molecule has 2 unspecified atom stereocenters. The predicted molar refractivity (Wildman–Crippen MR) is 55.2 cm³/mol. The van der Waals surface area contributed by atoms with Crippen molar-refractivity contribution >= 4 is 0 Å². The molecule has 5 nitrogen and oxygen atoms in total. The molecule has 0 amide bonds. The zero-order chi connectivity index (χ0) is 11.4. The molecule has 0 aromatic heterocycles. The molecule has 16 heavy (non-hydrogen) atoms. The summed E-state index contributed by atoms with van der Waals surface area (Å²) < 4.78 is 5.65. The van der Waals surface area contributed by atoms with Crippen molar-refractivity contribution in [2.75, 3.05) is 7.11 Å². The fraction of sp³-hybridized carbons (Fsp3) is 1.00. The lowest BCUT2D eigenvalue weighted by atomic mass is 9.52. The molecule has 0 heterocycles. The summed E-state index contributed by atoms with van der Waals surface area (Å²) in [7, 11) is 1.73. The van der Waals surface area contributed by atoms with Gasteiger partial charge in [0.25, 0.3) is 5.09 Å². The zero-order valence-corrected chi connectivity index (χ0v) is 9.48. The molecule has 4 saturated carbocycles. The van der Waals surface area contributed by atoms with Crippen LogP contribution >= 0.6 is 0 Å². The molecular formula is C11H17NO4. The van der Waals surface area contributed by atoms with Gasteiger partial charge in [-0.25, -0.2) is 0 Å². The lowest BCUT2D eigenvalue weighted by Crippen LogP contribution is -2.61. The van der Waals surface area contributed by atoms with Gasteiger partial charge in [-0.2, -0.15) is 0 Å². The minimum absolute atomic E-state index is 0.139. The van der Waals surface area contributed by atoms with E-state index in [1.165, 1.54) is 6.42 Å². The highest BCUT2D eigenvalue weighted by atomic mass is 17.0. The molecule has 4 aliphatic carbocycles. The molecule has 4 aliphatic rings. The van der Waals surface area contributed by atoms with E-state index in [9.17, 15) is 10.1 Å². The lowest BCUT2D eigenvalue weighted by molar-refractivity contribution is -0.785. The van der Waals surface area contributed by atoms with Crippen LogP contribution in [-0.2, 0) is 9.57 Å². The number of nitrogens with zero attached hydrogens (tertiary/aromatic N) is 1. The molecule has 4 atom stereocenters. The Labute approximate surface area is 94.2 Å². The van der Waals surface area contributed by atoms with Crippen LogP contribution in [0.25, 0.3) is 0 Å². The largest absolute Gasteiger partial charge is 0.378 e. The van der Waals surface area contributed by atoms with Gasteiger partial charge in [0, 0.05) is 13.5 Å². The fourth-order valence-corrected chi connectivity index (χ4v) is 4.60. The second-order valence-corrected chi connectivity index (χ2v) is 5.85. The van der Waals surface area contributed by atoms with Crippen LogP contribution in [-0.4, -0.2) is 23.4 Å². The van der Waals surface area contributed by atoms with Crippen LogP contribution in [0.5, 0.6) is 0 Å². The first kappa shape index (κ1) is 10.3. The Bertz CT molecular complexity index is 316. The monoisotopic (exact) mass is 227 g/mol. The molecule has 90 valence electrons. The maximum Gasteiger partial charge on any atom is 0.295 e. The Kier molecular flexibility index (Phi) is 2.00. The summed E-state index contributed by atoms with van der Waals surface area (Å²) in [4.78, 5) is 15.6. The molecule has 0 aromatic carbocycles. The Balaban J connectivity index is 1.89. The second-order valence-electron chi connectivity index (χ2n) is 5.85. The molecule has 5 heteroatoms. The van der Waals surface area contributed by atoms with Gasteiger partial charge in [-0.15, -0.1) is 10.1 Å². The van der Waals surface area contributed by atoms with Gasteiger partial charge in [0.15, 0.2) is 0 Å². The van der Waals surface area contributed by atoms with E-state index in [-0.39, 0.29) is 5.60 Å². The van der Waals surface area contributed by atoms with Crippen LogP contribution in [0, 0.1) is 22.0 Å². The first-order valence-corrected chi connectivity index (χ1v) is 5.94. The molecule has 4 rings (SSSR count). The highest BCUT2D eigenvalue weighted by molar-refractivity contribution is 5.10. The summed E-state index contributed by atoms with van der Waals surface area (Å²) in [5.74, 6) is 1.11. The number of ether oxygens (including phenoxy) is 1. The Morgan fingerprint density at radius 1 is 1.19 bits per heavy atom. The van der Waals surface area contributed by atoms with E-state index < -0.39 is 10.7 Å². The smallest absolute Gasteiger partial charge is 0.295 e. The van der Waals surface area contributed by atoms with Gasteiger partial charge in [-0.1, -0.05) is 0 Å². The van der Waals surface area contributed by atoms with Gasteiger partial charge in [0.1, 0.15) is 5.60 Å². The quantitative estimate of drug-likeness (QED) is 0.546. The minimum atomic E-state index is -0.615. The molecule has 4 fully saturated rings. The third-order valence-electron chi connectivity index (χ3n) is 4.65. The summed E-state index contributed by atoms with van der Waals surface area (Å²) >= 11 is 0. The van der Waals surface area contributed by atoms with Crippen molar-refractivity contribution < 1.29 is 14.7 Å². The molecule has 0 radical (unpaired) electrons. The van der Waals surface area contributed by atoms with Gasteiger partial charge in [0.05, 0.1) is 5.60 Å². The average molecular weight is 227 g/mol. The standard InChI is InChI=1S/C11H17NO4/c1-15-10-3-8-2-9(4-10)6-11(5-8,7-10)16-12(13)14/h8-9H,2-7H2,1H3/t8-,9+,10?,11?. The number of methoxy groups -OCH3 is 1. The van der Waals surface area contributed by atoms with E-state index in [4.69, 9.17) is 9.57 Å². The molecular weight excluding hydrogens is 210 g/mol. The Morgan fingerprint density at radius 2 is 1.75 bits per heavy atom. The van der Waals surface area contributed by atoms with Crippen LogP contribution < -0.4 is 0 Å². The van der Waals surface area contributed by atoms with Gasteiger partial charge in [-0.05, 0) is 43.9 Å². The summed E-state index contributed by atoms with van der Waals surface area (Å²) in [5.41, 5.74) is -0.677. The first-order valence-electron chi connectivity index (χ1n) is 5.94. The Morgan fingerprint density at radius 3 is 2.25 bits per heavy atom. The summed E-state index contributed by atoms with van der Waals surface area (Å²) in [6.07, 6.45) is 5.70.